The number of carbonyl (C=O) groups excluding carboxylic acids is 2. The molecule has 142 valence electrons. The first-order valence-corrected chi connectivity index (χ1v) is 10.3. The van der Waals surface area contributed by atoms with Crippen molar-refractivity contribution in [3.05, 3.63) is 63.7 Å². The third-order valence-corrected chi connectivity index (χ3v) is 5.48. The molecule has 0 radical (unpaired) electrons. The number of amides is 2. The van der Waals surface area contributed by atoms with Crippen LogP contribution < -0.4 is 10.6 Å². The van der Waals surface area contributed by atoms with E-state index in [1.54, 1.807) is 0 Å². The Hall–Kier alpha value is -1.93. The minimum absolute atomic E-state index is 0.0109. The Morgan fingerprint density at radius 2 is 1.67 bits per heavy atom. The second-order valence-electron chi connectivity index (χ2n) is 6.81. The van der Waals surface area contributed by atoms with E-state index in [4.69, 9.17) is 0 Å². The third-order valence-electron chi connectivity index (χ3n) is 4.76. The van der Waals surface area contributed by atoms with Gasteiger partial charge in [-0.25, -0.2) is 0 Å². The fourth-order valence-electron chi connectivity index (χ4n) is 3.22. The predicted molar refractivity (Wildman–Crippen MR) is 115 cm³/mol. The second kappa shape index (κ2) is 9.85. The Bertz CT molecular complexity index is 757. The molecule has 0 unspecified atom stereocenters. The first-order chi connectivity index (χ1) is 13.1. The first-order valence-electron chi connectivity index (χ1n) is 9.19. The molecular formula is C21H24IN3O2. The minimum atomic E-state index is -0.0109. The number of nitrogens with one attached hydrogen (secondary N) is 2. The molecule has 2 amide bonds. The molecule has 1 saturated heterocycles. The number of piperidine rings is 1. The van der Waals surface area contributed by atoms with Crippen LogP contribution in [0, 0.1) is 9.49 Å². The largest absolute Gasteiger partial charge is 0.352 e. The van der Waals surface area contributed by atoms with Crippen LogP contribution in [0.25, 0.3) is 0 Å². The molecule has 0 aromatic heterocycles. The van der Waals surface area contributed by atoms with E-state index in [9.17, 15) is 9.59 Å². The van der Waals surface area contributed by atoms with E-state index in [0.29, 0.717) is 13.1 Å². The molecule has 5 nitrogen and oxygen atoms in total. The van der Waals surface area contributed by atoms with Gasteiger partial charge in [-0.05, 0) is 78.4 Å². The zero-order chi connectivity index (χ0) is 19.1. The number of anilines is 1. The lowest BCUT2D eigenvalue weighted by atomic mass is 9.96. The molecule has 6 heteroatoms. The van der Waals surface area contributed by atoms with E-state index in [1.165, 1.54) is 0 Å². The Balaban J connectivity index is 1.38. The van der Waals surface area contributed by atoms with Crippen LogP contribution in [0.15, 0.2) is 54.6 Å². The Labute approximate surface area is 173 Å². The van der Waals surface area contributed by atoms with Gasteiger partial charge in [0, 0.05) is 21.7 Å². The van der Waals surface area contributed by atoms with Crippen molar-refractivity contribution in [3.8, 4) is 0 Å². The van der Waals surface area contributed by atoms with Crippen molar-refractivity contribution >= 4 is 40.1 Å². The molecule has 2 N–H and O–H groups in total. The van der Waals surface area contributed by atoms with Crippen molar-refractivity contribution in [2.75, 3.05) is 25.0 Å². The molecule has 1 aliphatic rings. The van der Waals surface area contributed by atoms with Gasteiger partial charge in [-0.2, -0.15) is 0 Å². The van der Waals surface area contributed by atoms with Crippen LogP contribution in [0.3, 0.4) is 0 Å². The van der Waals surface area contributed by atoms with Crippen LogP contribution in [0.4, 0.5) is 5.69 Å². The quantitative estimate of drug-likeness (QED) is 0.629. The van der Waals surface area contributed by atoms with E-state index in [2.05, 4.69) is 38.1 Å². The lowest BCUT2D eigenvalue weighted by Gasteiger charge is -2.30. The van der Waals surface area contributed by atoms with Crippen LogP contribution in [0.2, 0.25) is 0 Å². The zero-order valence-corrected chi connectivity index (χ0v) is 17.3. The van der Waals surface area contributed by atoms with Gasteiger partial charge in [-0.1, -0.05) is 30.3 Å². The predicted octanol–water partition coefficient (Wildman–Crippen LogP) is 3.26. The van der Waals surface area contributed by atoms with Gasteiger partial charge in [-0.15, -0.1) is 0 Å². The molecule has 1 aliphatic heterocycles. The minimum Gasteiger partial charge on any atom is -0.352 e. The summed E-state index contributed by atoms with van der Waals surface area (Å²) in [5.41, 5.74) is 1.92. The van der Waals surface area contributed by atoms with Crippen molar-refractivity contribution in [2.45, 2.75) is 19.4 Å². The highest BCUT2D eigenvalue weighted by atomic mass is 127. The monoisotopic (exact) mass is 477 g/mol. The fourth-order valence-corrected chi connectivity index (χ4v) is 3.58. The Morgan fingerprint density at radius 3 is 2.33 bits per heavy atom. The van der Waals surface area contributed by atoms with E-state index in [0.717, 1.165) is 40.8 Å². The summed E-state index contributed by atoms with van der Waals surface area (Å²) in [6, 6.07) is 17.7. The van der Waals surface area contributed by atoms with E-state index >= 15 is 0 Å². The molecule has 0 spiro atoms. The summed E-state index contributed by atoms with van der Waals surface area (Å²) >= 11 is 2.24. The van der Waals surface area contributed by atoms with Gasteiger partial charge in [0.15, 0.2) is 0 Å². The maximum absolute atomic E-state index is 12.4. The second-order valence-corrected chi connectivity index (χ2v) is 8.05. The van der Waals surface area contributed by atoms with Crippen molar-refractivity contribution < 1.29 is 9.59 Å². The van der Waals surface area contributed by atoms with Crippen LogP contribution >= 0.6 is 22.6 Å². The third kappa shape index (κ3) is 6.32. The number of benzene rings is 2. The molecule has 3 rings (SSSR count). The lowest BCUT2D eigenvalue weighted by molar-refractivity contribution is -0.126. The maximum atomic E-state index is 12.4. The van der Waals surface area contributed by atoms with Crippen molar-refractivity contribution in [3.63, 3.8) is 0 Å². The smallest absolute Gasteiger partial charge is 0.238 e. The summed E-state index contributed by atoms with van der Waals surface area (Å²) in [6.07, 6.45) is 1.58. The average molecular weight is 477 g/mol. The van der Waals surface area contributed by atoms with Gasteiger partial charge in [0.2, 0.25) is 11.8 Å². The van der Waals surface area contributed by atoms with Gasteiger partial charge in [0.1, 0.15) is 0 Å². The number of nitrogens with zero attached hydrogens (tertiary/aromatic N) is 1. The topological polar surface area (TPSA) is 61.4 Å². The van der Waals surface area contributed by atoms with Crippen LogP contribution in [0.1, 0.15) is 18.4 Å². The summed E-state index contributed by atoms with van der Waals surface area (Å²) in [4.78, 5) is 26.7. The molecule has 1 heterocycles. The van der Waals surface area contributed by atoms with E-state index in [-0.39, 0.29) is 17.7 Å². The fraction of sp³-hybridized carbons (Fsp3) is 0.333. The molecular weight excluding hydrogens is 453 g/mol. The number of carbonyl (C=O) groups is 2. The summed E-state index contributed by atoms with van der Waals surface area (Å²) in [5.74, 6) is 0.134. The van der Waals surface area contributed by atoms with E-state index in [1.807, 2.05) is 54.6 Å². The van der Waals surface area contributed by atoms with Gasteiger partial charge < -0.3 is 10.6 Å². The van der Waals surface area contributed by atoms with Crippen LogP contribution in [-0.4, -0.2) is 36.3 Å². The zero-order valence-electron chi connectivity index (χ0n) is 15.2. The standard InChI is InChI=1S/C21H24IN3O2/c22-18-6-8-19(9-7-18)24-20(26)15-25-12-10-17(11-13-25)21(27)23-14-16-4-2-1-3-5-16/h1-9,17H,10-15H2,(H,23,27)(H,24,26). The van der Waals surface area contributed by atoms with Gasteiger partial charge >= 0.3 is 0 Å². The summed E-state index contributed by atoms with van der Waals surface area (Å²) in [7, 11) is 0. The van der Waals surface area contributed by atoms with Crippen LogP contribution in [-0.2, 0) is 16.1 Å². The molecule has 0 atom stereocenters. The van der Waals surface area contributed by atoms with Gasteiger partial charge in [-0.3, -0.25) is 14.5 Å². The van der Waals surface area contributed by atoms with Crippen LogP contribution in [0.5, 0.6) is 0 Å². The molecule has 27 heavy (non-hydrogen) atoms. The maximum Gasteiger partial charge on any atom is 0.238 e. The number of hydrogen-bond acceptors (Lipinski definition) is 3. The normalized spacial score (nSPS) is 15.3. The average Bonchev–Trinajstić information content (AvgIpc) is 2.69. The highest BCUT2D eigenvalue weighted by molar-refractivity contribution is 14.1. The Morgan fingerprint density at radius 1 is 1.00 bits per heavy atom. The first kappa shape index (κ1) is 19.8. The van der Waals surface area contributed by atoms with Gasteiger partial charge in [0.25, 0.3) is 0 Å². The number of likely N-dealkylation sites (tertiary alicyclic amines) is 1. The molecule has 2 aromatic rings. The van der Waals surface area contributed by atoms with Crippen molar-refractivity contribution in [1.82, 2.24) is 10.2 Å². The number of halogens is 1. The highest BCUT2D eigenvalue weighted by Gasteiger charge is 2.25. The summed E-state index contributed by atoms with van der Waals surface area (Å²) in [6.45, 7) is 2.47. The molecule has 0 saturated carbocycles. The number of rotatable bonds is 6. The highest BCUT2D eigenvalue weighted by Crippen LogP contribution is 2.18. The molecule has 0 bridgehead atoms. The van der Waals surface area contributed by atoms with Gasteiger partial charge in [0.05, 0.1) is 6.54 Å². The lowest BCUT2D eigenvalue weighted by Crippen LogP contribution is -2.43. The summed E-state index contributed by atoms with van der Waals surface area (Å²) in [5, 5.41) is 5.95. The molecule has 1 fully saturated rings. The molecule has 2 aromatic carbocycles. The number of hydrogen-bond donors (Lipinski definition) is 2. The SMILES string of the molecule is O=C(CN1CCC(C(=O)NCc2ccccc2)CC1)Nc1ccc(I)cc1. The Kier molecular flexibility index (Phi) is 7.23. The van der Waals surface area contributed by atoms with Crippen molar-refractivity contribution in [1.29, 1.82) is 0 Å². The van der Waals surface area contributed by atoms with Crippen molar-refractivity contribution in [2.24, 2.45) is 5.92 Å². The summed E-state index contributed by atoms with van der Waals surface area (Å²) < 4.78 is 1.14. The molecule has 0 aliphatic carbocycles. The van der Waals surface area contributed by atoms with E-state index < -0.39 is 0 Å².